The van der Waals surface area contributed by atoms with Crippen molar-refractivity contribution in [1.29, 1.82) is 0 Å². The molecule has 19 heavy (non-hydrogen) atoms. The Bertz CT molecular complexity index is 618. The van der Waals surface area contributed by atoms with Gasteiger partial charge in [-0.2, -0.15) is 0 Å². The molecule has 0 heterocycles. The van der Waals surface area contributed by atoms with Crippen LogP contribution in [0.3, 0.4) is 0 Å². The molecule has 0 aliphatic carbocycles. The molecule has 0 saturated heterocycles. The Labute approximate surface area is 112 Å². The molecule has 2 rings (SSSR count). The molecule has 0 spiro atoms. The summed E-state index contributed by atoms with van der Waals surface area (Å²) in [5, 5.41) is 0.425. The third-order valence-electron chi connectivity index (χ3n) is 2.92. The topological polar surface area (TPSA) is 43.4 Å². The largest absolute Gasteiger partial charge is 0.323 e. The van der Waals surface area contributed by atoms with Crippen molar-refractivity contribution in [2.75, 3.05) is 7.11 Å². The molecule has 0 aromatic heterocycles. The first-order valence-corrected chi connectivity index (χ1v) is 7.53. The molecule has 0 saturated carbocycles. The van der Waals surface area contributed by atoms with Crippen molar-refractivity contribution in [3.8, 4) is 0 Å². The van der Waals surface area contributed by atoms with Gasteiger partial charge in [0, 0.05) is 18.0 Å². The number of carbonyl (C=O) groups is 1. The van der Waals surface area contributed by atoms with Crippen LogP contribution in [-0.4, -0.2) is 12.6 Å². The zero-order valence-electron chi connectivity index (χ0n) is 10.9. The van der Waals surface area contributed by atoms with E-state index in [2.05, 4.69) is 0 Å². The minimum absolute atomic E-state index is 0.397. The van der Waals surface area contributed by atoms with Crippen molar-refractivity contribution in [3.63, 3.8) is 0 Å². The Morgan fingerprint density at radius 2 is 1.58 bits per heavy atom. The highest BCUT2D eigenvalue weighted by molar-refractivity contribution is 7.83. The fourth-order valence-corrected chi connectivity index (χ4v) is 3.44. The number of carbonyl (C=O) groups excluding carboxylic acids is 1. The van der Waals surface area contributed by atoms with E-state index >= 15 is 0 Å². The van der Waals surface area contributed by atoms with Crippen LogP contribution in [0.2, 0.25) is 0 Å². The van der Waals surface area contributed by atoms with E-state index in [0.717, 1.165) is 5.56 Å². The third kappa shape index (κ3) is 2.67. The molecule has 0 aliphatic heterocycles. The van der Waals surface area contributed by atoms with Crippen molar-refractivity contribution >= 4 is 18.2 Å². The minimum atomic E-state index is -3.52. The number of hydrogen-bond acceptors (Lipinski definition) is 3. The zero-order chi connectivity index (χ0) is 13.9. The fourth-order valence-electron chi connectivity index (χ4n) is 1.80. The molecule has 1 unspecified atom stereocenters. The van der Waals surface area contributed by atoms with Crippen molar-refractivity contribution in [3.05, 3.63) is 65.7 Å². The molecule has 0 radical (unpaired) electrons. The maximum atomic E-state index is 12.8. The molecule has 4 heteroatoms. The standard InChI is InChI=1S/C15H15O3P/c1-12-8-10-14(11-9-12)19(17,18-2)15(16)13-6-4-3-5-7-13/h3-11H,1-2H3. The Kier molecular flexibility index (Phi) is 3.98. The van der Waals surface area contributed by atoms with Crippen molar-refractivity contribution in [2.45, 2.75) is 6.92 Å². The Morgan fingerprint density at radius 1 is 1.00 bits per heavy atom. The van der Waals surface area contributed by atoms with E-state index in [0.29, 0.717) is 10.9 Å². The summed E-state index contributed by atoms with van der Waals surface area (Å²) < 4.78 is 17.9. The Morgan fingerprint density at radius 3 is 2.11 bits per heavy atom. The van der Waals surface area contributed by atoms with Gasteiger partial charge in [0.1, 0.15) is 0 Å². The molecule has 0 N–H and O–H groups in total. The quantitative estimate of drug-likeness (QED) is 0.803. The van der Waals surface area contributed by atoms with E-state index in [1.807, 2.05) is 19.1 Å². The van der Waals surface area contributed by atoms with Gasteiger partial charge in [0.2, 0.25) is 0 Å². The summed E-state index contributed by atoms with van der Waals surface area (Å²) >= 11 is 0. The van der Waals surface area contributed by atoms with E-state index < -0.39 is 12.9 Å². The van der Waals surface area contributed by atoms with Gasteiger partial charge in [-0.25, -0.2) is 0 Å². The zero-order valence-corrected chi connectivity index (χ0v) is 11.8. The molecule has 98 valence electrons. The minimum Gasteiger partial charge on any atom is -0.323 e. The van der Waals surface area contributed by atoms with Crippen LogP contribution < -0.4 is 5.30 Å². The Hall–Kier alpha value is -1.70. The smallest absolute Gasteiger partial charge is 0.300 e. The van der Waals surface area contributed by atoms with E-state index in [-0.39, 0.29) is 0 Å². The molecule has 2 aromatic rings. The molecule has 3 nitrogen and oxygen atoms in total. The van der Waals surface area contributed by atoms with Crippen molar-refractivity contribution in [2.24, 2.45) is 0 Å². The number of aryl methyl sites for hydroxylation is 1. The SMILES string of the molecule is COP(=O)(C(=O)c1ccccc1)c1ccc(C)cc1. The van der Waals surface area contributed by atoms with Crippen LogP contribution in [0.5, 0.6) is 0 Å². The van der Waals surface area contributed by atoms with Gasteiger partial charge in [0.05, 0.1) is 0 Å². The summed E-state index contributed by atoms with van der Waals surface area (Å²) in [5.74, 6) is 0. The second kappa shape index (κ2) is 5.52. The summed E-state index contributed by atoms with van der Waals surface area (Å²) in [5.41, 5.74) is 0.964. The average Bonchev–Trinajstić information content (AvgIpc) is 2.47. The second-order valence-corrected chi connectivity index (χ2v) is 6.63. The number of benzene rings is 2. The van der Waals surface area contributed by atoms with Crippen LogP contribution in [-0.2, 0) is 9.09 Å². The van der Waals surface area contributed by atoms with Gasteiger partial charge in [-0.3, -0.25) is 9.36 Å². The molecule has 0 amide bonds. The van der Waals surface area contributed by atoms with Crippen LogP contribution in [0.15, 0.2) is 54.6 Å². The highest BCUT2D eigenvalue weighted by atomic mass is 31.2. The molecular weight excluding hydrogens is 259 g/mol. The highest BCUT2D eigenvalue weighted by Gasteiger charge is 2.34. The van der Waals surface area contributed by atoms with Gasteiger partial charge in [0.15, 0.2) is 0 Å². The highest BCUT2D eigenvalue weighted by Crippen LogP contribution is 2.48. The summed E-state index contributed by atoms with van der Waals surface area (Å²) in [6.07, 6.45) is 0. The van der Waals surface area contributed by atoms with Crippen LogP contribution in [0, 0.1) is 6.92 Å². The average molecular weight is 274 g/mol. The maximum Gasteiger partial charge on any atom is 0.300 e. The Balaban J connectivity index is 2.46. The summed E-state index contributed by atoms with van der Waals surface area (Å²) in [7, 11) is -2.22. The van der Waals surface area contributed by atoms with Crippen LogP contribution in [0.4, 0.5) is 0 Å². The predicted octanol–water partition coefficient (Wildman–Crippen LogP) is 3.39. The van der Waals surface area contributed by atoms with E-state index in [4.69, 9.17) is 4.52 Å². The van der Waals surface area contributed by atoms with Gasteiger partial charge >= 0.3 is 7.37 Å². The van der Waals surface area contributed by atoms with E-state index in [1.54, 1.807) is 42.5 Å². The molecule has 0 fully saturated rings. The molecule has 1 atom stereocenters. The van der Waals surface area contributed by atoms with Gasteiger partial charge < -0.3 is 4.52 Å². The van der Waals surface area contributed by atoms with Gasteiger partial charge in [-0.1, -0.05) is 48.0 Å². The first-order valence-electron chi connectivity index (χ1n) is 5.91. The van der Waals surface area contributed by atoms with Crippen molar-refractivity contribution in [1.82, 2.24) is 0 Å². The van der Waals surface area contributed by atoms with Crippen LogP contribution >= 0.6 is 7.37 Å². The van der Waals surface area contributed by atoms with Gasteiger partial charge in [-0.15, -0.1) is 0 Å². The third-order valence-corrected chi connectivity index (χ3v) is 5.20. The molecule has 0 bridgehead atoms. The lowest BCUT2D eigenvalue weighted by Crippen LogP contribution is -2.14. The first-order chi connectivity index (χ1) is 9.08. The maximum absolute atomic E-state index is 12.8. The monoisotopic (exact) mass is 274 g/mol. The normalized spacial score (nSPS) is 13.8. The summed E-state index contributed by atoms with van der Waals surface area (Å²) in [4.78, 5) is 12.4. The van der Waals surface area contributed by atoms with E-state index in [9.17, 15) is 9.36 Å². The van der Waals surface area contributed by atoms with Crippen LogP contribution in [0.1, 0.15) is 15.9 Å². The van der Waals surface area contributed by atoms with Crippen LogP contribution in [0.25, 0.3) is 0 Å². The number of hydrogen-bond donors (Lipinski definition) is 0. The second-order valence-electron chi connectivity index (χ2n) is 4.24. The van der Waals surface area contributed by atoms with Gasteiger partial charge in [-0.05, 0) is 19.1 Å². The fraction of sp³-hybridized carbons (Fsp3) is 0.133. The molecule has 0 aliphatic rings. The van der Waals surface area contributed by atoms with E-state index in [1.165, 1.54) is 7.11 Å². The lowest BCUT2D eigenvalue weighted by atomic mass is 10.2. The lowest BCUT2D eigenvalue weighted by Gasteiger charge is -2.15. The predicted molar refractivity (Wildman–Crippen MR) is 76.2 cm³/mol. The first kappa shape index (κ1) is 13.7. The lowest BCUT2D eigenvalue weighted by molar-refractivity contribution is 0.106. The van der Waals surface area contributed by atoms with Gasteiger partial charge in [0.25, 0.3) is 5.52 Å². The van der Waals surface area contributed by atoms with Crippen molar-refractivity contribution < 1.29 is 13.9 Å². The summed E-state index contributed by atoms with van der Waals surface area (Å²) in [6, 6.07) is 15.6. The molecule has 2 aromatic carbocycles. The summed E-state index contributed by atoms with van der Waals surface area (Å²) in [6.45, 7) is 1.93. The number of rotatable bonds is 4. The molecular formula is C15H15O3P.